The van der Waals surface area contributed by atoms with E-state index in [1.807, 2.05) is 19.1 Å². The maximum atomic E-state index is 8.35. The van der Waals surface area contributed by atoms with Crippen LogP contribution in [-0.2, 0) is 0 Å². The average Bonchev–Trinajstić information content (AvgIpc) is 1.91. The van der Waals surface area contributed by atoms with E-state index in [0.717, 1.165) is 0 Å². The molecule has 0 spiro atoms. The van der Waals surface area contributed by atoms with Crippen LogP contribution in [0.15, 0.2) is 24.5 Å². The first-order valence-corrected chi connectivity index (χ1v) is 3.23. The van der Waals surface area contributed by atoms with Crippen molar-refractivity contribution < 1.29 is 20.6 Å². The van der Waals surface area contributed by atoms with Gasteiger partial charge in [0.2, 0.25) is 0 Å². The van der Waals surface area contributed by atoms with Crippen molar-refractivity contribution in [3.63, 3.8) is 0 Å². The summed E-state index contributed by atoms with van der Waals surface area (Å²) in [6.07, 6.45) is 3.57. The summed E-state index contributed by atoms with van der Waals surface area (Å²) in [6.45, 7) is 2.04. The number of hydrogen-bond donors (Lipinski definition) is 1. The lowest BCUT2D eigenvalue weighted by atomic mass is 10.3. The minimum absolute atomic E-state index is 0.167. The molecule has 1 aromatic heterocycles. The van der Waals surface area contributed by atoms with E-state index in [1.54, 1.807) is 12.4 Å². The number of aryl methyl sites for hydroxylation is 1. The maximum Gasteiger partial charge on any atom is 0.327 e. The molecule has 0 fully saturated rings. The highest BCUT2D eigenvalue weighted by Crippen LogP contribution is 1.88. The lowest BCUT2D eigenvalue weighted by Gasteiger charge is -1.82. The van der Waals surface area contributed by atoms with Crippen LogP contribution >= 0.6 is 0 Å². The highest BCUT2D eigenvalue weighted by Gasteiger charge is 1.72. The molecule has 1 N–H and O–H groups in total. The molecule has 3 nitrogen and oxygen atoms in total. The number of hydrogen-bond acceptors (Lipinski definition) is 3. The summed E-state index contributed by atoms with van der Waals surface area (Å²) in [4.78, 5) is 3.85. The van der Waals surface area contributed by atoms with Gasteiger partial charge in [0, 0.05) is 12.4 Å². The van der Waals surface area contributed by atoms with Crippen LogP contribution in [0.4, 0.5) is 0 Å². The Hall–Kier alpha value is -0.640. The summed E-state index contributed by atoms with van der Waals surface area (Å²) in [7, 11) is 0. The van der Waals surface area contributed by atoms with Gasteiger partial charge in [-0.2, -0.15) is 0 Å². The Morgan fingerprint density at radius 1 is 1.50 bits per heavy atom. The fourth-order valence-electron chi connectivity index (χ4n) is 0.426. The van der Waals surface area contributed by atoms with Gasteiger partial charge >= 0.3 is 11.3 Å². The monoisotopic (exact) mass is 161 g/mol. The van der Waals surface area contributed by atoms with Crippen LogP contribution in [0.2, 0.25) is 0 Å². The molecule has 0 aliphatic carbocycles. The van der Waals surface area contributed by atoms with E-state index in [9.17, 15) is 0 Å². The molecule has 0 saturated heterocycles. The first-order chi connectivity index (χ1) is 4.81. The van der Waals surface area contributed by atoms with E-state index < -0.39 is 0 Å². The van der Waals surface area contributed by atoms with E-state index >= 15 is 0 Å². The van der Waals surface area contributed by atoms with Crippen molar-refractivity contribution in [1.82, 2.24) is 4.98 Å². The third-order valence-electron chi connectivity index (χ3n) is 0.847. The summed E-state index contributed by atoms with van der Waals surface area (Å²) in [6, 6.07) is 3.94. The summed E-state index contributed by atoms with van der Waals surface area (Å²) in [5.41, 5.74) is 1.26. The number of rotatable bonds is 0. The van der Waals surface area contributed by atoms with Gasteiger partial charge in [0.15, 0.2) is 0 Å². The van der Waals surface area contributed by atoms with E-state index in [1.165, 1.54) is 5.56 Å². The van der Waals surface area contributed by atoms with Crippen LogP contribution in [-0.4, -0.2) is 9.64 Å². The van der Waals surface area contributed by atoms with Gasteiger partial charge in [-0.25, -0.2) is 0 Å². The first-order valence-electron chi connectivity index (χ1n) is 2.58. The molecule has 1 rings (SSSR count). The number of halogens is 1. The van der Waals surface area contributed by atoms with Crippen molar-refractivity contribution in [2.45, 2.75) is 6.92 Å². The molecule has 56 valence electrons. The Morgan fingerprint density at radius 3 is 2.10 bits per heavy atom. The zero-order valence-electron chi connectivity index (χ0n) is 5.49. The Kier molecular flexibility index (Phi) is 6.06. The smallest absolute Gasteiger partial charge is 0.327 e. The summed E-state index contributed by atoms with van der Waals surface area (Å²) < 4.78 is 15.2. The number of nitrogens with zero attached hydrogens (tertiary/aromatic N) is 1. The third kappa shape index (κ3) is 5.50. The molecule has 0 aliphatic rings. The lowest BCUT2D eigenvalue weighted by molar-refractivity contribution is -1.27. The number of pyridine rings is 1. The first kappa shape index (κ1) is 9.36. The van der Waals surface area contributed by atoms with Crippen LogP contribution in [0.3, 0.4) is 0 Å². The van der Waals surface area contributed by atoms with Crippen molar-refractivity contribution in [3.8, 4) is 0 Å². The molecule has 0 unspecified atom stereocenters. The van der Waals surface area contributed by atoms with E-state index in [4.69, 9.17) is 9.32 Å². The van der Waals surface area contributed by atoms with Crippen molar-refractivity contribution in [2.75, 3.05) is 0 Å². The molecule has 0 saturated carbocycles. The Balaban J connectivity index is 0.000000236. The fraction of sp³-hybridized carbons (Fsp3) is 0.167. The molecule has 0 aliphatic heterocycles. The van der Waals surface area contributed by atoms with Crippen LogP contribution < -0.4 is 4.66 Å². The predicted molar refractivity (Wildman–Crippen MR) is 31.2 cm³/mol. The Morgan fingerprint density at radius 2 is 1.90 bits per heavy atom. The van der Waals surface area contributed by atoms with Gasteiger partial charge in [0.1, 0.15) is 0 Å². The zero-order valence-corrected chi connectivity index (χ0v) is 6.25. The summed E-state index contributed by atoms with van der Waals surface area (Å²) in [5, 5.41) is 0. The lowest BCUT2D eigenvalue weighted by Crippen LogP contribution is -1.94. The number of aromatic nitrogens is 1. The van der Waals surface area contributed by atoms with Gasteiger partial charge in [-0.3, -0.25) is 4.98 Å². The molecule has 4 heteroatoms. The molecule has 0 amide bonds. The minimum Gasteiger partial charge on any atom is -0.506 e. The SMILES string of the molecule is Cc1ccncc1.[O-][Cl+]O. The van der Waals surface area contributed by atoms with Crippen LogP contribution in [0.5, 0.6) is 0 Å². The van der Waals surface area contributed by atoms with Crippen LogP contribution in [0, 0.1) is 18.2 Å². The van der Waals surface area contributed by atoms with E-state index in [2.05, 4.69) is 4.98 Å². The van der Waals surface area contributed by atoms with Gasteiger partial charge < -0.3 is 4.66 Å². The fourth-order valence-corrected chi connectivity index (χ4v) is 0.426. The van der Waals surface area contributed by atoms with Gasteiger partial charge in [-0.15, -0.1) is 4.66 Å². The molecule has 0 radical (unpaired) electrons. The minimum atomic E-state index is -0.167. The van der Waals surface area contributed by atoms with Crippen LogP contribution in [0.25, 0.3) is 0 Å². The molecule has 0 aromatic carbocycles. The molecule has 0 atom stereocenters. The second-order valence-corrected chi connectivity index (χ2v) is 1.73. The third-order valence-corrected chi connectivity index (χ3v) is 0.847. The molecular weight excluding hydrogens is 154 g/mol. The molecule has 10 heavy (non-hydrogen) atoms. The average molecular weight is 162 g/mol. The second-order valence-electron chi connectivity index (χ2n) is 1.59. The van der Waals surface area contributed by atoms with Crippen molar-refractivity contribution in [3.05, 3.63) is 30.1 Å². The predicted octanol–water partition coefficient (Wildman–Crippen LogP) is -0.356. The Labute approximate surface area is 63.4 Å². The highest BCUT2D eigenvalue weighted by atomic mass is 35.6. The van der Waals surface area contributed by atoms with Gasteiger partial charge in [0.05, 0.1) is 0 Å². The second kappa shape index (κ2) is 6.48. The standard InChI is InChI=1S/C6H7N.ClHO2/c1-6-2-4-7-5-3-6;2-1-3/h2-5H,1H3;2H. The topological polar surface area (TPSA) is 56.2 Å². The van der Waals surface area contributed by atoms with Crippen molar-refractivity contribution in [2.24, 2.45) is 0 Å². The maximum absolute atomic E-state index is 8.35. The summed E-state index contributed by atoms with van der Waals surface area (Å²) >= 11 is -0.167. The molecular formula is C6H8ClNO2. The molecule has 0 bridgehead atoms. The normalized spacial score (nSPS) is 7.90. The summed E-state index contributed by atoms with van der Waals surface area (Å²) in [5.74, 6) is 0. The largest absolute Gasteiger partial charge is 0.506 e. The van der Waals surface area contributed by atoms with Crippen molar-refractivity contribution >= 4 is 0 Å². The molecule has 1 heterocycles. The highest BCUT2D eigenvalue weighted by molar-refractivity contribution is 5.05. The zero-order chi connectivity index (χ0) is 7.82. The van der Waals surface area contributed by atoms with Crippen LogP contribution in [0.1, 0.15) is 5.56 Å². The quantitative estimate of drug-likeness (QED) is 0.566. The Bertz CT molecular complexity index is 157. The molecule has 1 aromatic rings. The van der Waals surface area contributed by atoms with E-state index in [-0.39, 0.29) is 11.3 Å². The van der Waals surface area contributed by atoms with Crippen molar-refractivity contribution in [1.29, 1.82) is 0 Å². The van der Waals surface area contributed by atoms with Gasteiger partial charge in [-0.1, -0.05) is 0 Å². The van der Waals surface area contributed by atoms with Gasteiger partial charge in [-0.05, 0) is 24.6 Å². The van der Waals surface area contributed by atoms with E-state index in [0.29, 0.717) is 0 Å². The van der Waals surface area contributed by atoms with Gasteiger partial charge in [0.25, 0.3) is 0 Å².